The highest BCUT2D eigenvalue weighted by Gasteiger charge is 2.43. The molecule has 3 aliphatic rings. The molecule has 2 aliphatic carbocycles. The summed E-state index contributed by atoms with van der Waals surface area (Å²) in [5.74, 6) is 1.85. The van der Waals surface area contributed by atoms with Crippen LogP contribution in [-0.4, -0.2) is 24.8 Å². The van der Waals surface area contributed by atoms with Gasteiger partial charge < -0.3 is 10.1 Å². The summed E-state index contributed by atoms with van der Waals surface area (Å²) in [5.41, 5.74) is 0.301. The molecule has 20 heavy (non-hydrogen) atoms. The molecule has 0 aromatic carbocycles. The molecule has 2 heteroatoms. The monoisotopic (exact) mass is 279 g/mol. The minimum absolute atomic E-state index is 0.301. The van der Waals surface area contributed by atoms with Crippen molar-refractivity contribution in [2.75, 3.05) is 13.2 Å². The molecule has 2 nitrogen and oxygen atoms in total. The van der Waals surface area contributed by atoms with Gasteiger partial charge in [-0.15, -0.1) is 0 Å². The van der Waals surface area contributed by atoms with Gasteiger partial charge in [0.05, 0.1) is 5.60 Å². The smallest absolute Gasteiger partial charge is 0.0685 e. The number of hydrogen-bond acceptors (Lipinski definition) is 2. The molecule has 3 unspecified atom stereocenters. The lowest BCUT2D eigenvalue weighted by molar-refractivity contribution is -0.106. The fourth-order valence-electron chi connectivity index (χ4n) is 5.11. The summed E-state index contributed by atoms with van der Waals surface area (Å²) in [4.78, 5) is 0. The van der Waals surface area contributed by atoms with Gasteiger partial charge >= 0.3 is 0 Å². The summed E-state index contributed by atoms with van der Waals surface area (Å²) in [6.07, 6.45) is 15.2. The Kier molecular flexibility index (Phi) is 5.04. The fraction of sp³-hybridized carbons (Fsp3) is 1.00. The van der Waals surface area contributed by atoms with E-state index in [4.69, 9.17) is 4.74 Å². The summed E-state index contributed by atoms with van der Waals surface area (Å²) in [7, 11) is 0. The van der Waals surface area contributed by atoms with Gasteiger partial charge in [-0.2, -0.15) is 0 Å². The van der Waals surface area contributed by atoms with Crippen molar-refractivity contribution in [1.82, 2.24) is 5.32 Å². The van der Waals surface area contributed by atoms with E-state index in [0.29, 0.717) is 5.60 Å². The quantitative estimate of drug-likeness (QED) is 0.829. The van der Waals surface area contributed by atoms with Crippen LogP contribution in [0.25, 0.3) is 0 Å². The molecule has 3 rings (SSSR count). The average Bonchev–Trinajstić information content (AvgIpc) is 2.93. The first-order valence-corrected chi connectivity index (χ1v) is 9.20. The molecule has 0 radical (unpaired) electrons. The van der Waals surface area contributed by atoms with Crippen molar-refractivity contribution in [3.05, 3.63) is 0 Å². The zero-order valence-electron chi connectivity index (χ0n) is 13.3. The van der Waals surface area contributed by atoms with Crippen LogP contribution >= 0.6 is 0 Å². The standard InChI is InChI=1S/C18H33NO/c1-2-12-19-17-8-4-3-7-16(17)15-9-13-20-18(14-15)10-5-6-11-18/h15-17,19H,2-14H2,1H3. The Morgan fingerprint density at radius 1 is 1.05 bits per heavy atom. The Morgan fingerprint density at radius 2 is 1.85 bits per heavy atom. The Bertz CT molecular complexity index is 298. The second-order valence-corrected chi connectivity index (χ2v) is 7.50. The van der Waals surface area contributed by atoms with Crippen LogP contribution in [0.5, 0.6) is 0 Å². The van der Waals surface area contributed by atoms with E-state index < -0.39 is 0 Å². The van der Waals surface area contributed by atoms with Crippen molar-refractivity contribution in [3.8, 4) is 0 Å². The van der Waals surface area contributed by atoms with Gasteiger partial charge in [-0.25, -0.2) is 0 Å². The first-order chi connectivity index (χ1) is 9.83. The lowest BCUT2D eigenvalue weighted by Crippen LogP contribution is -2.47. The molecule has 1 N–H and O–H groups in total. The summed E-state index contributed by atoms with van der Waals surface area (Å²) >= 11 is 0. The highest BCUT2D eigenvalue weighted by molar-refractivity contribution is 4.95. The lowest BCUT2D eigenvalue weighted by Gasteiger charge is -2.45. The van der Waals surface area contributed by atoms with Crippen LogP contribution in [-0.2, 0) is 4.74 Å². The van der Waals surface area contributed by atoms with Crippen molar-refractivity contribution in [1.29, 1.82) is 0 Å². The highest BCUT2D eigenvalue weighted by Crippen LogP contribution is 2.46. The van der Waals surface area contributed by atoms with Crippen LogP contribution in [0.15, 0.2) is 0 Å². The molecule has 1 saturated heterocycles. The zero-order chi connectivity index (χ0) is 13.8. The van der Waals surface area contributed by atoms with Crippen molar-refractivity contribution >= 4 is 0 Å². The average molecular weight is 279 g/mol. The fourth-order valence-corrected chi connectivity index (χ4v) is 5.11. The molecule has 0 aromatic rings. The third-order valence-corrected chi connectivity index (χ3v) is 6.13. The van der Waals surface area contributed by atoms with Gasteiger partial charge in [0.1, 0.15) is 0 Å². The number of ether oxygens (including phenoxy) is 1. The summed E-state index contributed by atoms with van der Waals surface area (Å²) in [5, 5.41) is 3.86. The molecule has 3 atom stereocenters. The SMILES string of the molecule is CCCNC1CCCCC1C1CCOC2(CCCC2)C1. The Hall–Kier alpha value is -0.0800. The first kappa shape index (κ1) is 14.8. The normalized spacial score (nSPS) is 37.4. The Balaban J connectivity index is 1.63. The topological polar surface area (TPSA) is 21.3 Å². The molecule has 0 amide bonds. The lowest BCUT2D eigenvalue weighted by atomic mass is 9.70. The highest BCUT2D eigenvalue weighted by atomic mass is 16.5. The minimum Gasteiger partial charge on any atom is -0.375 e. The maximum absolute atomic E-state index is 6.24. The van der Waals surface area contributed by atoms with Crippen molar-refractivity contribution in [2.45, 2.75) is 89.2 Å². The van der Waals surface area contributed by atoms with E-state index in [9.17, 15) is 0 Å². The van der Waals surface area contributed by atoms with Gasteiger partial charge in [0, 0.05) is 12.6 Å². The van der Waals surface area contributed by atoms with E-state index in [2.05, 4.69) is 12.2 Å². The van der Waals surface area contributed by atoms with Crippen LogP contribution in [0.2, 0.25) is 0 Å². The van der Waals surface area contributed by atoms with E-state index in [-0.39, 0.29) is 0 Å². The maximum Gasteiger partial charge on any atom is 0.0685 e. The molecule has 1 spiro atoms. The third-order valence-electron chi connectivity index (χ3n) is 6.13. The summed E-state index contributed by atoms with van der Waals surface area (Å²) < 4.78 is 6.24. The van der Waals surface area contributed by atoms with Crippen molar-refractivity contribution in [3.63, 3.8) is 0 Å². The van der Waals surface area contributed by atoms with Crippen LogP contribution in [0.1, 0.15) is 77.6 Å². The molecule has 0 bridgehead atoms. The maximum atomic E-state index is 6.24. The van der Waals surface area contributed by atoms with E-state index in [1.807, 2.05) is 0 Å². The van der Waals surface area contributed by atoms with Crippen molar-refractivity contribution in [2.24, 2.45) is 11.8 Å². The van der Waals surface area contributed by atoms with E-state index >= 15 is 0 Å². The van der Waals surface area contributed by atoms with Gasteiger partial charge in [-0.3, -0.25) is 0 Å². The Morgan fingerprint density at radius 3 is 2.65 bits per heavy atom. The molecular weight excluding hydrogens is 246 g/mol. The molecule has 116 valence electrons. The Labute approximate surface area is 125 Å². The number of hydrogen-bond donors (Lipinski definition) is 1. The van der Waals surface area contributed by atoms with E-state index in [0.717, 1.165) is 24.5 Å². The second-order valence-electron chi connectivity index (χ2n) is 7.50. The molecule has 1 heterocycles. The second kappa shape index (κ2) is 6.79. The van der Waals surface area contributed by atoms with Gasteiger partial charge in [0.15, 0.2) is 0 Å². The zero-order valence-corrected chi connectivity index (χ0v) is 13.3. The molecule has 2 saturated carbocycles. The van der Waals surface area contributed by atoms with Gasteiger partial charge in [0.2, 0.25) is 0 Å². The number of nitrogens with one attached hydrogen (secondary N) is 1. The third kappa shape index (κ3) is 3.22. The van der Waals surface area contributed by atoms with Crippen LogP contribution < -0.4 is 5.32 Å². The van der Waals surface area contributed by atoms with Gasteiger partial charge in [-0.05, 0) is 63.3 Å². The predicted molar refractivity (Wildman–Crippen MR) is 83.9 cm³/mol. The van der Waals surface area contributed by atoms with E-state index in [1.54, 1.807) is 0 Å². The van der Waals surface area contributed by atoms with Crippen LogP contribution in [0.3, 0.4) is 0 Å². The van der Waals surface area contributed by atoms with Crippen LogP contribution in [0, 0.1) is 11.8 Å². The molecular formula is C18H33NO. The minimum atomic E-state index is 0.301. The first-order valence-electron chi connectivity index (χ1n) is 9.20. The van der Waals surface area contributed by atoms with Crippen molar-refractivity contribution < 1.29 is 4.74 Å². The summed E-state index contributed by atoms with van der Waals surface area (Å²) in [6.45, 7) is 4.52. The summed E-state index contributed by atoms with van der Waals surface area (Å²) in [6, 6.07) is 0.797. The van der Waals surface area contributed by atoms with Gasteiger partial charge in [0.25, 0.3) is 0 Å². The molecule has 3 fully saturated rings. The predicted octanol–water partition coefficient (Wildman–Crippen LogP) is 4.28. The van der Waals surface area contributed by atoms with Crippen LogP contribution in [0.4, 0.5) is 0 Å². The largest absolute Gasteiger partial charge is 0.375 e. The molecule has 0 aromatic heterocycles. The molecule has 1 aliphatic heterocycles. The number of rotatable bonds is 4. The van der Waals surface area contributed by atoms with Gasteiger partial charge in [-0.1, -0.05) is 32.6 Å². The van der Waals surface area contributed by atoms with E-state index in [1.165, 1.54) is 77.2 Å².